The molecule has 0 saturated carbocycles. The molecule has 9 heteroatoms. The summed E-state index contributed by atoms with van der Waals surface area (Å²) in [6, 6.07) is 11.9. The minimum Gasteiger partial charge on any atom is -0.366 e. The maximum Gasteiger partial charge on any atom is 0.246 e. The van der Waals surface area contributed by atoms with E-state index in [0.29, 0.717) is 42.6 Å². The topological polar surface area (TPSA) is 60.9 Å². The molecular formula is C20H23ClFN3O3S. The van der Waals surface area contributed by atoms with Gasteiger partial charge in [0.1, 0.15) is 11.9 Å². The number of amides is 1. The summed E-state index contributed by atoms with van der Waals surface area (Å²) >= 11 is 5.90. The predicted molar refractivity (Wildman–Crippen MR) is 113 cm³/mol. The number of benzene rings is 2. The Morgan fingerprint density at radius 2 is 1.66 bits per heavy atom. The number of hydrogen-bond donors (Lipinski definition) is 0. The van der Waals surface area contributed by atoms with E-state index in [0.717, 1.165) is 10.6 Å². The van der Waals surface area contributed by atoms with Crippen LogP contribution < -0.4 is 9.21 Å². The largest absolute Gasteiger partial charge is 0.366 e. The van der Waals surface area contributed by atoms with Gasteiger partial charge in [0.15, 0.2) is 0 Å². The first-order chi connectivity index (χ1) is 13.7. The van der Waals surface area contributed by atoms with Gasteiger partial charge in [-0.1, -0.05) is 23.7 Å². The highest BCUT2D eigenvalue weighted by atomic mass is 35.5. The molecule has 0 radical (unpaired) electrons. The van der Waals surface area contributed by atoms with E-state index >= 15 is 0 Å². The fourth-order valence-corrected chi connectivity index (χ4v) is 4.83. The minimum absolute atomic E-state index is 0.293. The first kappa shape index (κ1) is 21.4. The maximum atomic E-state index is 14.0. The average molecular weight is 440 g/mol. The van der Waals surface area contributed by atoms with Crippen LogP contribution >= 0.6 is 11.6 Å². The fraction of sp³-hybridized carbons (Fsp3) is 0.350. The number of hydrogen-bond acceptors (Lipinski definition) is 4. The lowest BCUT2D eigenvalue weighted by atomic mass is 10.2. The van der Waals surface area contributed by atoms with Gasteiger partial charge in [-0.25, -0.2) is 12.8 Å². The Bertz CT molecular complexity index is 977. The number of para-hydroxylation sites is 1. The number of piperazine rings is 1. The van der Waals surface area contributed by atoms with E-state index in [-0.39, 0.29) is 11.7 Å². The van der Waals surface area contributed by atoms with Gasteiger partial charge in [-0.2, -0.15) is 0 Å². The number of nitrogens with zero attached hydrogens (tertiary/aromatic N) is 3. The van der Waals surface area contributed by atoms with Crippen LogP contribution in [0.3, 0.4) is 0 Å². The van der Waals surface area contributed by atoms with E-state index in [2.05, 4.69) is 0 Å². The summed E-state index contributed by atoms with van der Waals surface area (Å²) in [7, 11) is -3.69. The van der Waals surface area contributed by atoms with E-state index in [4.69, 9.17) is 11.6 Å². The maximum absolute atomic E-state index is 14.0. The van der Waals surface area contributed by atoms with Crippen molar-refractivity contribution in [3.05, 3.63) is 59.4 Å². The zero-order chi connectivity index (χ0) is 21.2. The van der Waals surface area contributed by atoms with Crippen LogP contribution in [0, 0.1) is 5.82 Å². The Morgan fingerprint density at radius 1 is 1.07 bits per heavy atom. The molecule has 0 aliphatic carbocycles. The smallest absolute Gasteiger partial charge is 0.246 e. The second-order valence-corrected chi connectivity index (χ2v) is 9.27. The Morgan fingerprint density at radius 3 is 2.21 bits per heavy atom. The lowest BCUT2D eigenvalue weighted by Gasteiger charge is -2.39. The van der Waals surface area contributed by atoms with Gasteiger partial charge >= 0.3 is 0 Å². The highest BCUT2D eigenvalue weighted by Crippen LogP contribution is 2.25. The van der Waals surface area contributed by atoms with Crippen LogP contribution in [0.2, 0.25) is 5.02 Å². The number of rotatable bonds is 5. The van der Waals surface area contributed by atoms with Gasteiger partial charge in [0, 0.05) is 31.2 Å². The van der Waals surface area contributed by atoms with Gasteiger partial charge < -0.3 is 9.80 Å². The quantitative estimate of drug-likeness (QED) is 0.718. The molecule has 6 nitrogen and oxygen atoms in total. The molecule has 3 rings (SSSR count). The van der Waals surface area contributed by atoms with E-state index in [1.165, 1.54) is 6.07 Å². The summed E-state index contributed by atoms with van der Waals surface area (Å²) in [5.74, 6) is -0.592. The lowest BCUT2D eigenvalue weighted by Crippen LogP contribution is -2.55. The number of carbonyl (C=O) groups is 1. The normalized spacial score (nSPS) is 15.9. The highest BCUT2D eigenvalue weighted by Gasteiger charge is 2.33. The molecule has 0 unspecified atom stereocenters. The van der Waals surface area contributed by atoms with Crippen LogP contribution in [-0.2, 0) is 14.8 Å². The van der Waals surface area contributed by atoms with E-state index in [1.54, 1.807) is 54.3 Å². The molecule has 1 saturated heterocycles. The first-order valence-electron chi connectivity index (χ1n) is 9.21. The molecular weight excluding hydrogens is 417 g/mol. The second kappa shape index (κ2) is 8.59. The van der Waals surface area contributed by atoms with Gasteiger partial charge in [0.05, 0.1) is 17.6 Å². The molecule has 0 aromatic heterocycles. The second-order valence-electron chi connectivity index (χ2n) is 6.97. The fourth-order valence-electron chi connectivity index (χ4n) is 3.53. The van der Waals surface area contributed by atoms with Crippen molar-refractivity contribution in [2.24, 2.45) is 0 Å². The van der Waals surface area contributed by atoms with Crippen LogP contribution in [0.15, 0.2) is 48.5 Å². The van der Waals surface area contributed by atoms with Crippen molar-refractivity contribution < 1.29 is 17.6 Å². The Labute approximate surface area is 175 Å². The molecule has 1 aliphatic heterocycles. The molecule has 1 aliphatic rings. The van der Waals surface area contributed by atoms with Crippen molar-refractivity contribution >= 4 is 38.9 Å². The highest BCUT2D eigenvalue weighted by molar-refractivity contribution is 7.92. The number of sulfonamides is 1. The molecule has 0 N–H and O–H groups in total. The molecule has 1 heterocycles. The summed E-state index contributed by atoms with van der Waals surface area (Å²) in [5.41, 5.74) is 0.884. The average Bonchev–Trinajstić information content (AvgIpc) is 2.68. The summed E-state index contributed by atoms with van der Waals surface area (Å²) in [6.45, 7) is 3.28. The van der Waals surface area contributed by atoms with Crippen molar-refractivity contribution in [1.29, 1.82) is 0 Å². The molecule has 2 aromatic carbocycles. The van der Waals surface area contributed by atoms with Crippen molar-refractivity contribution in [3.63, 3.8) is 0 Å². The molecule has 156 valence electrons. The van der Waals surface area contributed by atoms with E-state index in [9.17, 15) is 17.6 Å². The summed E-state index contributed by atoms with van der Waals surface area (Å²) in [4.78, 5) is 16.5. The lowest BCUT2D eigenvalue weighted by molar-refractivity contribution is -0.132. The first-order valence-corrected chi connectivity index (χ1v) is 11.4. The molecule has 1 atom stereocenters. The predicted octanol–water partition coefficient (Wildman–Crippen LogP) is 2.98. The van der Waals surface area contributed by atoms with Crippen LogP contribution in [0.5, 0.6) is 0 Å². The SMILES string of the molecule is C[C@H](C(=O)N1CCN(c2ccccc2F)CC1)N(c1ccc(Cl)cc1)S(C)(=O)=O. The minimum atomic E-state index is -3.69. The molecule has 0 spiro atoms. The molecule has 1 amide bonds. The summed E-state index contributed by atoms with van der Waals surface area (Å²) < 4.78 is 39.9. The molecule has 0 bridgehead atoms. The zero-order valence-corrected chi connectivity index (χ0v) is 17.8. The van der Waals surface area contributed by atoms with E-state index < -0.39 is 16.1 Å². The Hall–Kier alpha value is -2.32. The van der Waals surface area contributed by atoms with Crippen molar-refractivity contribution in [3.8, 4) is 0 Å². The van der Waals surface area contributed by atoms with Crippen LogP contribution in [0.25, 0.3) is 0 Å². The van der Waals surface area contributed by atoms with Gasteiger partial charge in [0.2, 0.25) is 15.9 Å². The third-order valence-corrected chi connectivity index (χ3v) is 6.43. The summed E-state index contributed by atoms with van der Waals surface area (Å²) in [6.07, 6.45) is 1.07. The standard InChI is InChI=1S/C20H23ClFN3O3S/c1-15(25(29(2,27)28)17-9-7-16(21)8-10-17)20(26)24-13-11-23(12-14-24)19-6-4-3-5-18(19)22/h3-10,15H,11-14H2,1-2H3/t15-/m1/s1. The van der Waals surface area contributed by atoms with Gasteiger partial charge in [0.25, 0.3) is 0 Å². The summed E-state index contributed by atoms with van der Waals surface area (Å²) in [5, 5.41) is 0.477. The zero-order valence-electron chi connectivity index (χ0n) is 16.3. The van der Waals surface area contributed by atoms with Crippen LogP contribution in [0.4, 0.5) is 15.8 Å². The number of carbonyl (C=O) groups excluding carboxylic acids is 1. The monoisotopic (exact) mass is 439 g/mol. The Balaban J connectivity index is 1.73. The van der Waals surface area contributed by atoms with Gasteiger partial charge in [-0.05, 0) is 43.3 Å². The van der Waals surface area contributed by atoms with Crippen LogP contribution in [-0.4, -0.2) is 57.7 Å². The Kier molecular flexibility index (Phi) is 6.33. The number of anilines is 2. The third-order valence-electron chi connectivity index (χ3n) is 4.93. The third kappa shape index (κ3) is 4.82. The van der Waals surface area contributed by atoms with Gasteiger partial charge in [-0.15, -0.1) is 0 Å². The molecule has 29 heavy (non-hydrogen) atoms. The van der Waals surface area contributed by atoms with Crippen molar-refractivity contribution in [2.45, 2.75) is 13.0 Å². The molecule has 1 fully saturated rings. The van der Waals surface area contributed by atoms with Gasteiger partial charge in [-0.3, -0.25) is 9.10 Å². The van der Waals surface area contributed by atoms with Crippen molar-refractivity contribution in [2.75, 3.05) is 41.6 Å². The van der Waals surface area contributed by atoms with E-state index in [1.807, 2.05) is 4.90 Å². The number of halogens is 2. The van der Waals surface area contributed by atoms with Crippen molar-refractivity contribution in [1.82, 2.24) is 4.90 Å². The van der Waals surface area contributed by atoms with Crippen LogP contribution in [0.1, 0.15) is 6.92 Å². The molecule has 2 aromatic rings.